The van der Waals surface area contributed by atoms with E-state index in [-0.39, 0.29) is 4.90 Å². The standard InChI is InChI=1S/C26H29N3O6S/c1-5-35-22-12-9-21(10-13-22)29(36(31,32)24-14-6-19(2)7-15-24)18-26(30)28-27-17-20-8-11-23(33-3)16-25(20)34-4/h6-17H,5,18H2,1-4H3,(H,28,30)/b27-17+. The van der Waals surface area contributed by atoms with Gasteiger partial charge in [-0.05, 0) is 62.4 Å². The predicted octanol–water partition coefficient (Wildman–Crippen LogP) is 3.76. The maximum atomic E-state index is 13.5. The zero-order valence-electron chi connectivity index (χ0n) is 20.6. The van der Waals surface area contributed by atoms with Gasteiger partial charge in [0.05, 0.1) is 37.6 Å². The van der Waals surface area contributed by atoms with Gasteiger partial charge in [-0.25, -0.2) is 13.8 Å². The molecule has 0 heterocycles. The molecular weight excluding hydrogens is 482 g/mol. The van der Waals surface area contributed by atoms with Crippen LogP contribution in [0.1, 0.15) is 18.1 Å². The van der Waals surface area contributed by atoms with E-state index in [1.165, 1.54) is 25.5 Å². The van der Waals surface area contributed by atoms with Crippen LogP contribution in [0.3, 0.4) is 0 Å². The summed E-state index contributed by atoms with van der Waals surface area (Å²) in [6.45, 7) is 3.71. The van der Waals surface area contributed by atoms with Gasteiger partial charge in [0, 0.05) is 11.6 Å². The Morgan fingerprint density at radius 3 is 2.25 bits per heavy atom. The van der Waals surface area contributed by atoms with Crippen molar-refractivity contribution in [1.29, 1.82) is 0 Å². The van der Waals surface area contributed by atoms with Crippen molar-refractivity contribution in [2.75, 3.05) is 31.7 Å². The van der Waals surface area contributed by atoms with Crippen molar-refractivity contribution in [2.24, 2.45) is 5.10 Å². The Hall–Kier alpha value is -4.05. The second kappa shape index (κ2) is 12.1. The maximum absolute atomic E-state index is 13.5. The fourth-order valence-corrected chi connectivity index (χ4v) is 4.71. The summed E-state index contributed by atoms with van der Waals surface area (Å²) in [6.07, 6.45) is 1.41. The highest BCUT2D eigenvalue weighted by atomic mass is 32.2. The molecular formula is C26H29N3O6S. The minimum Gasteiger partial charge on any atom is -0.497 e. The lowest BCUT2D eigenvalue weighted by molar-refractivity contribution is -0.119. The van der Waals surface area contributed by atoms with E-state index in [4.69, 9.17) is 14.2 Å². The first-order valence-electron chi connectivity index (χ1n) is 11.1. The van der Waals surface area contributed by atoms with Gasteiger partial charge in [0.2, 0.25) is 0 Å². The number of benzene rings is 3. The minimum atomic E-state index is -4.04. The summed E-state index contributed by atoms with van der Waals surface area (Å²) in [6, 6.07) is 18.1. The molecule has 9 nitrogen and oxygen atoms in total. The predicted molar refractivity (Wildman–Crippen MR) is 139 cm³/mol. The average molecular weight is 512 g/mol. The SMILES string of the molecule is CCOc1ccc(N(CC(=O)N/N=C/c2ccc(OC)cc2OC)S(=O)(=O)c2ccc(C)cc2)cc1. The lowest BCUT2D eigenvalue weighted by atomic mass is 10.2. The summed E-state index contributed by atoms with van der Waals surface area (Å²) in [4.78, 5) is 12.8. The normalized spacial score (nSPS) is 11.2. The van der Waals surface area contributed by atoms with Gasteiger partial charge in [-0.15, -0.1) is 0 Å². The zero-order chi connectivity index (χ0) is 26.1. The molecule has 0 spiro atoms. The van der Waals surface area contributed by atoms with Gasteiger partial charge in [-0.2, -0.15) is 5.10 Å². The summed E-state index contributed by atoms with van der Waals surface area (Å²) in [5, 5.41) is 3.97. The highest BCUT2D eigenvalue weighted by molar-refractivity contribution is 7.92. The van der Waals surface area contributed by atoms with Crippen LogP contribution in [-0.2, 0) is 14.8 Å². The Balaban J connectivity index is 1.84. The number of hydrogen-bond donors (Lipinski definition) is 1. The molecule has 3 aromatic carbocycles. The highest BCUT2D eigenvalue weighted by Gasteiger charge is 2.27. The van der Waals surface area contributed by atoms with E-state index in [1.807, 2.05) is 13.8 Å². The van der Waals surface area contributed by atoms with Crippen LogP contribution in [0.2, 0.25) is 0 Å². The molecule has 36 heavy (non-hydrogen) atoms. The Labute approximate surface area is 211 Å². The largest absolute Gasteiger partial charge is 0.497 e. The van der Waals surface area contributed by atoms with Gasteiger partial charge in [0.25, 0.3) is 15.9 Å². The molecule has 0 saturated heterocycles. The third-order valence-electron chi connectivity index (χ3n) is 5.17. The molecule has 3 aromatic rings. The lowest BCUT2D eigenvalue weighted by Gasteiger charge is -2.24. The number of hydrazone groups is 1. The molecule has 10 heteroatoms. The molecule has 0 aliphatic carbocycles. The average Bonchev–Trinajstić information content (AvgIpc) is 2.88. The molecule has 190 valence electrons. The lowest BCUT2D eigenvalue weighted by Crippen LogP contribution is -2.39. The van der Waals surface area contributed by atoms with Crippen LogP contribution >= 0.6 is 0 Å². The zero-order valence-corrected chi connectivity index (χ0v) is 21.4. The van der Waals surface area contributed by atoms with Crippen molar-refractivity contribution in [3.63, 3.8) is 0 Å². The first kappa shape index (κ1) is 26.6. The molecule has 0 fully saturated rings. The third-order valence-corrected chi connectivity index (χ3v) is 6.95. The summed E-state index contributed by atoms with van der Waals surface area (Å²) in [7, 11) is -0.986. The van der Waals surface area contributed by atoms with E-state index in [9.17, 15) is 13.2 Å². The van der Waals surface area contributed by atoms with Crippen LogP contribution in [-0.4, -0.2) is 47.9 Å². The van der Waals surface area contributed by atoms with E-state index < -0.39 is 22.5 Å². The summed E-state index contributed by atoms with van der Waals surface area (Å²) >= 11 is 0. The smallest absolute Gasteiger partial charge is 0.264 e. The second-order valence-electron chi connectivity index (χ2n) is 7.65. The first-order valence-corrected chi connectivity index (χ1v) is 12.6. The van der Waals surface area contributed by atoms with Crippen LogP contribution < -0.4 is 23.9 Å². The van der Waals surface area contributed by atoms with E-state index in [0.29, 0.717) is 35.1 Å². The van der Waals surface area contributed by atoms with Gasteiger partial charge >= 0.3 is 0 Å². The number of sulfonamides is 1. The molecule has 0 aliphatic heterocycles. The Morgan fingerprint density at radius 1 is 0.972 bits per heavy atom. The topological polar surface area (TPSA) is 107 Å². The number of amides is 1. The van der Waals surface area contributed by atoms with E-state index in [0.717, 1.165) is 9.87 Å². The number of rotatable bonds is 11. The minimum absolute atomic E-state index is 0.0706. The number of nitrogens with zero attached hydrogens (tertiary/aromatic N) is 2. The second-order valence-corrected chi connectivity index (χ2v) is 9.52. The van der Waals surface area contributed by atoms with Crippen LogP contribution in [0.4, 0.5) is 5.69 Å². The van der Waals surface area contributed by atoms with Crippen molar-refractivity contribution in [3.05, 3.63) is 77.9 Å². The summed E-state index contributed by atoms with van der Waals surface area (Å²) in [5.74, 6) is 1.09. The molecule has 0 atom stereocenters. The van der Waals surface area contributed by atoms with Crippen molar-refractivity contribution in [1.82, 2.24) is 5.43 Å². The van der Waals surface area contributed by atoms with Gasteiger partial charge in [0.1, 0.15) is 23.8 Å². The summed E-state index contributed by atoms with van der Waals surface area (Å²) in [5.41, 5.74) is 4.23. The van der Waals surface area contributed by atoms with Crippen molar-refractivity contribution < 1.29 is 27.4 Å². The highest BCUT2D eigenvalue weighted by Crippen LogP contribution is 2.26. The molecule has 1 N–H and O–H groups in total. The number of methoxy groups -OCH3 is 2. The van der Waals surface area contributed by atoms with E-state index in [2.05, 4.69) is 10.5 Å². The fourth-order valence-electron chi connectivity index (χ4n) is 3.29. The molecule has 0 bridgehead atoms. The number of aryl methyl sites for hydroxylation is 1. The monoisotopic (exact) mass is 511 g/mol. The van der Waals surface area contributed by atoms with Crippen molar-refractivity contribution in [3.8, 4) is 17.2 Å². The summed E-state index contributed by atoms with van der Waals surface area (Å²) < 4.78 is 43.9. The molecule has 0 aliphatic rings. The Bertz CT molecular complexity index is 1310. The van der Waals surface area contributed by atoms with E-state index >= 15 is 0 Å². The maximum Gasteiger partial charge on any atom is 0.264 e. The van der Waals surface area contributed by atoms with Crippen molar-refractivity contribution >= 4 is 27.8 Å². The van der Waals surface area contributed by atoms with Gasteiger partial charge in [-0.1, -0.05) is 17.7 Å². The number of carbonyl (C=O) groups is 1. The molecule has 1 amide bonds. The number of carbonyl (C=O) groups excluding carboxylic acids is 1. The van der Waals surface area contributed by atoms with Crippen LogP contribution in [0.15, 0.2) is 76.7 Å². The number of anilines is 1. The first-order chi connectivity index (χ1) is 17.3. The Kier molecular flexibility index (Phi) is 8.91. The molecule has 0 radical (unpaired) electrons. The van der Waals surface area contributed by atoms with Crippen LogP contribution in [0.5, 0.6) is 17.2 Å². The van der Waals surface area contributed by atoms with Gasteiger partial charge < -0.3 is 14.2 Å². The quantitative estimate of drug-likeness (QED) is 0.310. The fraction of sp³-hybridized carbons (Fsp3) is 0.231. The van der Waals surface area contributed by atoms with Crippen LogP contribution in [0.25, 0.3) is 0 Å². The molecule has 3 rings (SSSR count). The van der Waals surface area contributed by atoms with Crippen LogP contribution in [0, 0.1) is 6.92 Å². The number of ether oxygens (including phenoxy) is 3. The molecule has 0 saturated carbocycles. The van der Waals surface area contributed by atoms with Crippen molar-refractivity contribution in [2.45, 2.75) is 18.7 Å². The van der Waals surface area contributed by atoms with Gasteiger partial charge in [0.15, 0.2) is 0 Å². The third kappa shape index (κ3) is 6.54. The van der Waals surface area contributed by atoms with Gasteiger partial charge in [-0.3, -0.25) is 9.10 Å². The molecule has 0 aromatic heterocycles. The van der Waals surface area contributed by atoms with E-state index in [1.54, 1.807) is 61.7 Å². The molecule has 0 unspecified atom stereocenters. The Morgan fingerprint density at radius 2 is 1.64 bits per heavy atom. The number of nitrogens with one attached hydrogen (secondary N) is 1. The number of hydrogen-bond acceptors (Lipinski definition) is 7.